The van der Waals surface area contributed by atoms with E-state index in [1.807, 2.05) is 11.8 Å². The van der Waals surface area contributed by atoms with Crippen LogP contribution in [0.5, 0.6) is 0 Å². The van der Waals surface area contributed by atoms with E-state index in [1.165, 1.54) is 53.9 Å². The van der Waals surface area contributed by atoms with Crippen molar-refractivity contribution in [1.82, 2.24) is 0 Å². The zero-order chi connectivity index (χ0) is 22.9. The Morgan fingerprint density at radius 1 is 0.500 bits per heavy atom. The zero-order valence-corrected chi connectivity index (χ0v) is 22.0. The van der Waals surface area contributed by atoms with Gasteiger partial charge in [-0.1, -0.05) is 110 Å². The van der Waals surface area contributed by atoms with E-state index in [0.29, 0.717) is 0 Å². The van der Waals surface area contributed by atoms with Crippen molar-refractivity contribution >= 4 is 66.5 Å². The lowest BCUT2D eigenvalue weighted by atomic mass is 9.63. The van der Waals surface area contributed by atoms with Crippen LogP contribution in [-0.2, 0) is 5.41 Å². The Morgan fingerprint density at radius 2 is 1.09 bits per heavy atom. The van der Waals surface area contributed by atoms with Gasteiger partial charge in [0, 0.05) is 18.7 Å². The van der Waals surface area contributed by atoms with Gasteiger partial charge in [0.1, 0.15) is 0 Å². The molecule has 0 bridgehead atoms. The fourth-order valence-corrected chi connectivity index (χ4v) is 7.57. The number of hydrogen-bond acceptors (Lipinski definition) is 1. The van der Waals surface area contributed by atoms with E-state index < -0.39 is 5.41 Å². The summed E-state index contributed by atoms with van der Waals surface area (Å²) in [6.45, 7) is 0. The van der Waals surface area contributed by atoms with E-state index in [4.69, 9.17) is 0 Å². The van der Waals surface area contributed by atoms with Crippen LogP contribution in [0.15, 0.2) is 116 Å². The molecular formula is C31H18Br2S. The van der Waals surface area contributed by atoms with Crippen LogP contribution in [0.1, 0.15) is 33.4 Å². The van der Waals surface area contributed by atoms with Crippen molar-refractivity contribution in [1.29, 1.82) is 0 Å². The molecule has 34 heavy (non-hydrogen) atoms. The van der Waals surface area contributed by atoms with Crippen LogP contribution >= 0.6 is 43.6 Å². The van der Waals surface area contributed by atoms with Crippen LogP contribution in [0.25, 0.3) is 22.9 Å². The first-order valence-electron chi connectivity index (χ1n) is 11.2. The predicted octanol–water partition coefficient (Wildman–Crippen LogP) is 9.70. The quantitative estimate of drug-likeness (QED) is 0.172. The maximum atomic E-state index is 3.80. The maximum absolute atomic E-state index is 3.80. The van der Waals surface area contributed by atoms with E-state index in [2.05, 4.69) is 141 Å². The normalized spacial score (nSPS) is 14.8. The molecule has 1 heterocycles. The fourth-order valence-electron chi connectivity index (χ4n) is 5.63. The van der Waals surface area contributed by atoms with Crippen molar-refractivity contribution in [3.05, 3.63) is 139 Å². The first-order valence-corrected chi connectivity index (χ1v) is 13.6. The van der Waals surface area contributed by atoms with Crippen LogP contribution < -0.4 is 0 Å². The van der Waals surface area contributed by atoms with E-state index in [1.54, 1.807) is 0 Å². The minimum Gasteiger partial charge on any atom is -0.0894 e. The molecular weight excluding hydrogens is 564 g/mol. The van der Waals surface area contributed by atoms with Gasteiger partial charge < -0.3 is 0 Å². The Bertz CT molecular complexity index is 1610. The van der Waals surface area contributed by atoms with Gasteiger partial charge in [0.05, 0.1) is 5.41 Å². The molecule has 1 spiro atoms. The smallest absolute Gasteiger partial charge is 0.0735 e. The molecule has 0 nitrogen and oxygen atoms in total. The topological polar surface area (TPSA) is 0 Å². The third-order valence-corrected chi connectivity index (χ3v) is 9.16. The highest BCUT2D eigenvalue weighted by Crippen LogP contribution is 2.59. The monoisotopic (exact) mass is 580 g/mol. The Balaban J connectivity index is 1.74. The van der Waals surface area contributed by atoms with E-state index in [-0.39, 0.29) is 0 Å². The molecule has 0 amide bonds. The SMILES string of the molecule is Brc1ccc2c(c1)C1(c3cc(Br)ccc3C=C2)c2ccccc2Sc2cc3ccccc3cc21. The van der Waals surface area contributed by atoms with Gasteiger partial charge in [-0.25, -0.2) is 0 Å². The van der Waals surface area contributed by atoms with Gasteiger partial charge in [0.25, 0.3) is 0 Å². The van der Waals surface area contributed by atoms with Crippen LogP contribution in [0.3, 0.4) is 0 Å². The lowest BCUT2D eigenvalue weighted by Crippen LogP contribution is -2.35. The average molecular weight is 582 g/mol. The molecule has 7 rings (SSSR count). The first-order chi connectivity index (χ1) is 16.6. The molecule has 2 aliphatic rings. The highest BCUT2D eigenvalue weighted by molar-refractivity contribution is 9.10. The third kappa shape index (κ3) is 2.90. The minimum atomic E-state index is -0.442. The summed E-state index contributed by atoms with van der Waals surface area (Å²) in [5.74, 6) is 0. The second-order valence-electron chi connectivity index (χ2n) is 8.84. The van der Waals surface area contributed by atoms with Crippen LogP contribution in [0.4, 0.5) is 0 Å². The van der Waals surface area contributed by atoms with Gasteiger partial charge in [-0.15, -0.1) is 0 Å². The van der Waals surface area contributed by atoms with Gasteiger partial charge in [0.15, 0.2) is 0 Å². The first kappa shape index (κ1) is 20.8. The van der Waals surface area contributed by atoms with Crippen LogP contribution in [-0.4, -0.2) is 0 Å². The largest absolute Gasteiger partial charge is 0.0894 e. The molecule has 0 radical (unpaired) electrons. The van der Waals surface area contributed by atoms with E-state index >= 15 is 0 Å². The molecule has 1 aliphatic carbocycles. The zero-order valence-electron chi connectivity index (χ0n) is 18.1. The molecule has 5 aromatic carbocycles. The second kappa shape index (κ2) is 7.71. The average Bonchev–Trinajstić information content (AvgIpc) is 2.98. The molecule has 0 unspecified atom stereocenters. The summed E-state index contributed by atoms with van der Waals surface area (Å²) in [7, 11) is 0. The lowest BCUT2D eigenvalue weighted by Gasteiger charge is -2.43. The number of benzene rings is 5. The molecule has 0 saturated carbocycles. The number of hydrogen-bond donors (Lipinski definition) is 0. The van der Waals surface area contributed by atoms with Gasteiger partial charge in [-0.3, -0.25) is 0 Å². The molecule has 0 atom stereocenters. The van der Waals surface area contributed by atoms with Gasteiger partial charge in [-0.05, 0) is 86.6 Å². The minimum absolute atomic E-state index is 0.442. The highest BCUT2D eigenvalue weighted by atomic mass is 79.9. The van der Waals surface area contributed by atoms with Crippen LogP contribution in [0.2, 0.25) is 0 Å². The molecule has 1 aliphatic heterocycles. The van der Waals surface area contributed by atoms with Crippen molar-refractivity contribution in [3.63, 3.8) is 0 Å². The lowest BCUT2D eigenvalue weighted by molar-refractivity contribution is 0.702. The van der Waals surface area contributed by atoms with E-state index in [9.17, 15) is 0 Å². The van der Waals surface area contributed by atoms with Gasteiger partial charge in [-0.2, -0.15) is 0 Å². The standard InChI is InChI=1S/C31H18Br2S/c32-23-13-11-19-9-10-20-12-14-24(33)18-27(20)31(26(19)17-23)25-7-3-4-8-29(25)34-30-16-22-6-2-1-5-21(22)15-28(30)31/h1-18H. The summed E-state index contributed by atoms with van der Waals surface area (Å²) in [6.07, 6.45) is 4.54. The van der Waals surface area contributed by atoms with E-state index in [0.717, 1.165) is 8.95 Å². The molecule has 5 aromatic rings. The third-order valence-electron chi connectivity index (χ3n) is 7.04. The van der Waals surface area contributed by atoms with Crippen LogP contribution in [0, 0.1) is 0 Å². The summed E-state index contributed by atoms with van der Waals surface area (Å²) in [5.41, 5.74) is 7.34. The molecule has 0 aromatic heterocycles. The summed E-state index contributed by atoms with van der Waals surface area (Å²) in [6, 6.07) is 35.8. The van der Waals surface area contributed by atoms with Crippen molar-refractivity contribution in [3.8, 4) is 0 Å². The van der Waals surface area contributed by atoms with Crippen molar-refractivity contribution < 1.29 is 0 Å². The van der Waals surface area contributed by atoms with Gasteiger partial charge in [0.2, 0.25) is 0 Å². The summed E-state index contributed by atoms with van der Waals surface area (Å²) >= 11 is 9.49. The molecule has 0 N–H and O–H groups in total. The Hall–Kier alpha value is -2.59. The summed E-state index contributed by atoms with van der Waals surface area (Å²) in [5, 5.41) is 2.55. The van der Waals surface area contributed by atoms with Crippen molar-refractivity contribution in [2.75, 3.05) is 0 Å². The molecule has 0 fully saturated rings. The second-order valence-corrected chi connectivity index (χ2v) is 11.8. The highest BCUT2D eigenvalue weighted by Gasteiger charge is 2.47. The summed E-state index contributed by atoms with van der Waals surface area (Å²) in [4.78, 5) is 2.63. The Morgan fingerprint density at radius 3 is 1.76 bits per heavy atom. The summed E-state index contributed by atoms with van der Waals surface area (Å²) < 4.78 is 2.19. The fraction of sp³-hybridized carbons (Fsp3) is 0.0323. The maximum Gasteiger partial charge on any atom is 0.0735 e. The molecule has 0 saturated heterocycles. The molecule has 162 valence electrons. The number of halogens is 2. The van der Waals surface area contributed by atoms with Crippen molar-refractivity contribution in [2.45, 2.75) is 15.2 Å². The molecule has 3 heteroatoms. The Kier molecular flexibility index (Phi) is 4.71. The predicted molar refractivity (Wildman–Crippen MR) is 151 cm³/mol. The number of fused-ring (bicyclic) bond motifs is 9. The van der Waals surface area contributed by atoms with Crippen molar-refractivity contribution in [2.24, 2.45) is 0 Å². The van der Waals surface area contributed by atoms with Gasteiger partial charge >= 0.3 is 0 Å². The number of rotatable bonds is 0. The Labute approximate surface area is 220 Å².